The van der Waals surface area contributed by atoms with E-state index in [0.717, 1.165) is 42.1 Å². The van der Waals surface area contributed by atoms with Crippen LogP contribution in [0.25, 0.3) is 22.5 Å². The van der Waals surface area contributed by atoms with Gasteiger partial charge in [0, 0.05) is 42.2 Å². The number of H-pyrrole nitrogens is 1. The maximum Gasteiger partial charge on any atom is 0.393 e. The number of nitrogens with two attached hydrogens (primary N) is 1. The number of hydrogen-bond donors (Lipinski definition) is 6. The lowest BCUT2D eigenvalue weighted by Gasteiger charge is -2.28. The van der Waals surface area contributed by atoms with E-state index >= 15 is 0 Å². The molecule has 0 unspecified atom stereocenters. The predicted octanol–water partition coefficient (Wildman–Crippen LogP) is 5.49. The molecule has 1 heterocycles. The number of nitrogens with zero attached hydrogens (tertiary/aromatic N) is 2. The summed E-state index contributed by atoms with van der Waals surface area (Å²) >= 11 is 0. The highest BCUT2D eigenvalue weighted by Gasteiger charge is 2.65. The number of carbonyl (C=O) groups excluding carboxylic acids is 4. The molecule has 0 spiro atoms. The van der Waals surface area contributed by atoms with Gasteiger partial charge in [-0.15, -0.1) is 10.2 Å². The Morgan fingerprint density at radius 2 is 1.52 bits per heavy atom. The van der Waals surface area contributed by atoms with Gasteiger partial charge in [0.2, 0.25) is 17.6 Å². The molecule has 0 saturated heterocycles. The number of benzene rings is 3. The normalized spacial score (nSPS) is 16.5. The number of anilines is 1. The minimum Gasteiger partial charge on any atom is -0.354 e. The van der Waals surface area contributed by atoms with Crippen LogP contribution in [0.2, 0.25) is 0 Å². The molecule has 0 aliphatic heterocycles. The summed E-state index contributed by atoms with van der Waals surface area (Å²) in [7, 11) is 0.806. The van der Waals surface area contributed by atoms with Crippen molar-refractivity contribution in [2.75, 3.05) is 18.9 Å². The molecule has 16 heteroatoms. The summed E-state index contributed by atoms with van der Waals surface area (Å²) in [5.74, 6) is -14.8. The predicted molar refractivity (Wildman–Crippen MR) is 203 cm³/mol. The van der Waals surface area contributed by atoms with Crippen LogP contribution in [0.4, 0.5) is 23.2 Å². The van der Waals surface area contributed by atoms with Gasteiger partial charge < -0.3 is 32.0 Å². The number of carbonyl (C=O) groups is 4. The fraction of sp³-hybridized carbons (Fsp3) is 0.400. The first-order valence-electron chi connectivity index (χ1n) is 18.4. The number of alkyl halides is 4. The van der Waals surface area contributed by atoms with E-state index < -0.39 is 35.5 Å². The summed E-state index contributed by atoms with van der Waals surface area (Å²) < 4.78 is 57.3. The second-order valence-corrected chi connectivity index (χ2v) is 14.4. The fourth-order valence-corrected chi connectivity index (χ4v) is 6.61. The summed E-state index contributed by atoms with van der Waals surface area (Å²) in [6.07, 6.45) is 3.13. The van der Waals surface area contributed by atoms with E-state index in [0.29, 0.717) is 36.6 Å². The van der Waals surface area contributed by atoms with E-state index in [9.17, 15) is 36.7 Å². The third-order valence-electron chi connectivity index (χ3n) is 9.91. The number of halogens is 4. The number of amides is 4. The summed E-state index contributed by atoms with van der Waals surface area (Å²) in [4.78, 5) is 53.2. The molecule has 56 heavy (non-hydrogen) atoms. The molecular formula is C40H46F4N8O4. The monoisotopic (exact) mass is 778 g/mol. The van der Waals surface area contributed by atoms with Crippen molar-refractivity contribution >= 4 is 29.3 Å². The molecule has 4 aromatic rings. The maximum atomic E-state index is 14.5. The fourth-order valence-electron chi connectivity index (χ4n) is 6.61. The first-order chi connectivity index (χ1) is 26.5. The molecule has 1 aromatic heterocycles. The highest BCUT2D eigenvalue weighted by atomic mass is 19.3. The zero-order valence-electron chi connectivity index (χ0n) is 31.5. The van der Waals surface area contributed by atoms with Crippen molar-refractivity contribution in [3.63, 3.8) is 0 Å². The Morgan fingerprint density at radius 1 is 0.875 bits per heavy atom. The van der Waals surface area contributed by atoms with Crippen LogP contribution in [0.5, 0.6) is 0 Å². The van der Waals surface area contributed by atoms with Crippen LogP contribution in [-0.4, -0.2) is 70.4 Å². The average molecular weight is 779 g/mol. The van der Waals surface area contributed by atoms with Gasteiger partial charge in [-0.1, -0.05) is 30.3 Å². The Hall–Kier alpha value is -5.64. The maximum absolute atomic E-state index is 14.5. The van der Waals surface area contributed by atoms with E-state index in [1.54, 1.807) is 6.07 Å². The van der Waals surface area contributed by atoms with E-state index in [4.69, 9.17) is 5.73 Å². The smallest absolute Gasteiger partial charge is 0.354 e. The molecule has 1 aliphatic rings. The van der Waals surface area contributed by atoms with Gasteiger partial charge in [0.1, 0.15) is 6.04 Å². The third kappa shape index (κ3) is 9.41. The van der Waals surface area contributed by atoms with Crippen LogP contribution in [0, 0.1) is 18.8 Å². The van der Waals surface area contributed by atoms with Gasteiger partial charge >= 0.3 is 11.8 Å². The number of nitrogens with one attached hydrogen (secondary N) is 5. The second kappa shape index (κ2) is 17.4. The zero-order valence-corrected chi connectivity index (χ0v) is 31.5. The molecule has 4 amide bonds. The Labute approximate surface area is 321 Å². The standard InChI is InChI=1S/C40H46F4N8O4/c1-22(2)47-35(54)29-15-18-31(23(3)19-29)26-9-5-24(6-10-26)20-32(49-34(53)28-11-7-25(21-45)8-12-28)36(55)48-30-16-13-27(14-17-30)33-50-37(52-51-33)39(41,42)40(43,44)38(56)46-4/h5-6,9-10,13-19,22,25,28,32H,7-8,11-12,20-21,45H2,1-4H3,(H,46,56)(H,47,54)(H,48,55)(H,49,53)(H,50,51,52)/t25-,28-,32-/m0/s1. The van der Waals surface area contributed by atoms with E-state index in [1.165, 1.54) is 29.6 Å². The zero-order chi connectivity index (χ0) is 40.8. The lowest BCUT2D eigenvalue weighted by Crippen LogP contribution is -2.50. The van der Waals surface area contributed by atoms with Crippen molar-refractivity contribution in [2.24, 2.45) is 17.6 Å². The molecule has 0 radical (unpaired) electrons. The Kier molecular flexibility index (Phi) is 12.9. The average Bonchev–Trinajstić information content (AvgIpc) is 3.69. The summed E-state index contributed by atoms with van der Waals surface area (Å²) in [5.41, 5.74) is 10.4. The minimum atomic E-state index is -5.09. The van der Waals surface area contributed by atoms with Crippen molar-refractivity contribution < 1.29 is 36.7 Å². The SMILES string of the molecule is CNC(=O)C(F)(F)C(F)(F)c1nnc(-c2ccc(NC(=O)[C@H](Cc3ccc(-c4ccc(C(=O)NC(C)C)cc4C)cc3)NC(=O)[C@H]3CC[C@H](CN)CC3)cc2)[nH]1. The Balaban J connectivity index is 1.31. The van der Waals surface area contributed by atoms with Crippen LogP contribution in [0.15, 0.2) is 66.7 Å². The van der Waals surface area contributed by atoms with Crippen molar-refractivity contribution in [2.45, 2.75) is 76.8 Å². The first-order valence-corrected chi connectivity index (χ1v) is 18.4. The molecule has 3 aromatic carbocycles. The molecule has 1 fully saturated rings. The van der Waals surface area contributed by atoms with Crippen LogP contribution >= 0.6 is 0 Å². The molecule has 1 aliphatic carbocycles. The van der Waals surface area contributed by atoms with Gasteiger partial charge in [0.25, 0.3) is 11.8 Å². The number of aromatic amines is 1. The van der Waals surface area contributed by atoms with Gasteiger partial charge in [-0.25, -0.2) is 0 Å². The topological polar surface area (TPSA) is 184 Å². The Bertz CT molecular complexity index is 2030. The summed E-state index contributed by atoms with van der Waals surface area (Å²) in [6.45, 7) is 6.28. The van der Waals surface area contributed by atoms with Crippen molar-refractivity contribution in [3.8, 4) is 22.5 Å². The van der Waals surface area contributed by atoms with Gasteiger partial charge in [0.15, 0.2) is 5.82 Å². The summed E-state index contributed by atoms with van der Waals surface area (Å²) in [6, 6.07) is 17.8. The molecule has 12 nitrogen and oxygen atoms in total. The number of aromatic nitrogens is 3. The van der Waals surface area contributed by atoms with Gasteiger partial charge in [-0.3, -0.25) is 19.2 Å². The number of hydrogen-bond acceptors (Lipinski definition) is 7. The molecule has 298 valence electrons. The largest absolute Gasteiger partial charge is 0.393 e. The van der Waals surface area contributed by atoms with Crippen molar-refractivity contribution in [1.82, 2.24) is 31.1 Å². The quantitative estimate of drug-likeness (QED) is 0.0915. The van der Waals surface area contributed by atoms with Crippen LogP contribution in [-0.2, 0) is 26.7 Å². The van der Waals surface area contributed by atoms with Gasteiger partial charge in [0.05, 0.1) is 0 Å². The molecular weight excluding hydrogens is 732 g/mol. The molecule has 5 rings (SSSR count). The van der Waals surface area contributed by atoms with Crippen molar-refractivity contribution in [1.29, 1.82) is 0 Å². The molecule has 0 bridgehead atoms. The number of rotatable bonds is 14. The van der Waals surface area contributed by atoms with Gasteiger partial charge in [-0.05, 0) is 118 Å². The van der Waals surface area contributed by atoms with Gasteiger partial charge in [-0.2, -0.15) is 17.6 Å². The van der Waals surface area contributed by atoms with E-state index in [-0.39, 0.29) is 41.6 Å². The van der Waals surface area contributed by atoms with Crippen molar-refractivity contribution in [3.05, 3.63) is 89.2 Å². The highest BCUT2D eigenvalue weighted by molar-refractivity contribution is 5.98. The Morgan fingerprint density at radius 3 is 2.11 bits per heavy atom. The molecule has 1 saturated carbocycles. The molecule has 7 N–H and O–H groups in total. The summed E-state index contributed by atoms with van der Waals surface area (Å²) in [5, 5.41) is 16.8. The van der Waals surface area contributed by atoms with E-state index in [1.807, 2.05) is 57.2 Å². The second-order valence-electron chi connectivity index (χ2n) is 14.4. The highest BCUT2D eigenvalue weighted by Crippen LogP contribution is 2.42. The molecule has 1 atom stereocenters. The lowest BCUT2D eigenvalue weighted by atomic mass is 9.81. The van der Waals surface area contributed by atoms with Crippen LogP contribution < -0.4 is 27.0 Å². The number of aryl methyl sites for hydroxylation is 1. The lowest BCUT2D eigenvalue weighted by molar-refractivity contribution is -0.218. The van der Waals surface area contributed by atoms with Crippen LogP contribution in [0.3, 0.4) is 0 Å². The van der Waals surface area contributed by atoms with Crippen LogP contribution in [0.1, 0.15) is 66.8 Å². The first kappa shape index (κ1) is 41.5. The minimum absolute atomic E-state index is 0.00750. The van der Waals surface area contributed by atoms with E-state index in [2.05, 4.69) is 31.1 Å². The third-order valence-corrected chi connectivity index (χ3v) is 9.91.